The van der Waals surface area contributed by atoms with Crippen LogP contribution in [0.5, 0.6) is 0 Å². The van der Waals surface area contributed by atoms with Gasteiger partial charge in [-0.2, -0.15) is 0 Å². The number of benzene rings is 1. The second kappa shape index (κ2) is 5.30. The van der Waals surface area contributed by atoms with E-state index in [9.17, 15) is 4.79 Å². The van der Waals surface area contributed by atoms with Crippen LogP contribution in [0.4, 0.5) is 10.1 Å². The highest BCUT2D eigenvalue weighted by atomic mass is 19.1. The summed E-state index contributed by atoms with van der Waals surface area (Å²) in [6.07, 6.45) is 4.26. The first-order valence-corrected chi connectivity index (χ1v) is 9.53. The molecule has 1 unspecified atom stereocenters. The van der Waals surface area contributed by atoms with Gasteiger partial charge in [-0.1, -0.05) is 0 Å². The van der Waals surface area contributed by atoms with Crippen molar-refractivity contribution in [3.05, 3.63) is 39.4 Å². The zero-order valence-electron chi connectivity index (χ0n) is 15.1. The summed E-state index contributed by atoms with van der Waals surface area (Å²) in [5.74, 6) is -0.240. The smallest absolute Gasteiger partial charge is 0.251 e. The number of halogens is 1. The summed E-state index contributed by atoms with van der Waals surface area (Å²) >= 11 is 0. The van der Waals surface area contributed by atoms with Crippen LogP contribution < -0.4 is 21.9 Å². The van der Waals surface area contributed by atoms with Crippen molar-refractivity contribution in [1.82, 2.24) is 4.57 Å². The van der Waals surface area contributed by atoms with E-state index in [0.29, 0.717) is 17.8 Å². The number of hydrogen-bond donors (Lipinski definition) is 2. The van der Waals surface area contributed by atoms with E-state index in [2.05, 4.69) is 4.90 Å². The largest absolute Gasteiger partial charge is 0.367 e. The third-order valence-corrected chi connectivity index (χ3v) is 6.63. The van der Waals surface area contributed by atoms with Gasteiger partial charge in [-0.25, -0.2) is 4.39 Å². The van der Waals surface area contributed by atoms with Gasteiger partial charge in [0.05, 0.1) is 11.2 Å². The molecule has 4 N–H and O–H groups in total. The SMILES string of the molecule is Cc1c(N2CC(N)C3(CC3)C2)c(F)cc2c(CN)cc(=O)n(C3CC3)c12. The lowest BCUT2D eigenvalue weighted by Gasteiger charge is -2.25. The Labute approximate surface area is 151 Å². The van der Waals surface area contributed by atoms with Gasteiger partial charge in [-0.3, -0.25) is 4.79 Å². The fraction of sp³-hybridized carbons (Fsp3) is 0.550. The maximum atomic E-state index is 15.2. The Balaban J connectivity index is 1.75. The van der Waals surface area contributed by atoms with Crippen LogP contribution in [0.2, 0.25) is 0 Å². The van der Waals surface area contributed by atoms with Crippen LogP contribution in [0.15, 0.2) is 16.9 Å². The molecule has 3 fully saturated rings. The Hall–Kier alpha value is -1.92. The lowest BCUT2D eigenvalue weighted by atomic mass is 10.0. The average Bonchev–Trinajstić information content (AvgIpc) is 3.49. The molecule has 26 heavy (non-hydrogen) atoms. The third-order valence-electron chi connectivity index (χ3n) is 6.63. The van der Waals surface area contributed by atoms with Crippen LogP contribution in [0.25, 0.3) is 10.9 Å². The molecule has 0 bridgehead atoms. The quantitative estimate of drug-likeness (QED) is 0.884. The average molecular weight is 356 g/mol. The van der Waals surface area contributed by atoms with Crippen molar-refractivity contribution in [3.63, 3.8) is 0 Å². The molecule has 3 aliphatic rings. The van der Waals surface area contributed by atoms with Crippen LogP contribution in [0.3, 0.4) is 0 Å². The van der Waals surface area contributed by atoms with Gasteiger partial charge in [0, 0.05) is 48.6 Å². The van der Waals surface area contributed by atoms with Crippen LogP contribution in [0, 0.1) is 18.2 Å². The number of nitrogens with zero attached hydrogens (tertiary/aromatic N) is 2. The van der Waals surface area contributed by atoms with Gasteiger partial charge in [0.2, 0.25) is 0 Å². The van der Waals surface area contributed by atoms with Gasteiger partial charge in [0.1, 0.15) is 5.82 Å². The first-order chi connectivity index (χ1) is 12.4. The minimum atomic E-state index is -0.240. The van der Waals surface area contributed by atoms with E-state index in [-0.39, 0.29) is 35.4 Å². The highest BCUT2D eigenvalue weighted by Crippen LogP contribution is 2.53. The van der Waals surface area contributed by atoms with Crippen molar-refractivity contribution >= 4 is 16.6 Å². The number of hydrogen-bond acceptors (Lipinski definition) is 4. The second-order valence-electron chi connectivity index (χ2n) is 8.39. The van der Waals surface area contributed by atoms with Crippen molar-refractivity contribution in [3.8, 4) is 0 Å². The van der Waals surface area contributed by atoms with Gasteiger partial charge in [0.25, 0.3) is 5.56 Å². The first kappa shape index (κ1) is 16.3. The van der Waals surface area contributed by atoms with E-state index in [0.717, 1.165) is 48.7 Å². The normalized spacial score (nSPS) is 24.0. The van der Waals surface area contributed by atoms with Crippen molar-refractivity contribution in [2.75, 3.05) is 18.0 Å². The molecule has 6 heteroatoms. The number of anilines is 1. The van der Waals surface area contributed by atoms with Gasteiger partial charge in [-0.05, 0) is 49.8 Å². The highest BCUT2D eigenvalue weighted by molar-refractivity contribution is 5.90. The summed E-state index contributed by atoms with van der Waals surface area (Å²) in [6.45, 7) is 3.64. The van der Waals surface area contributed by atoms with Crippen LogP contribution in [-0.2, 0) is 6.54 Å². The zero-order valence-corrected chi connectivity index (χ0v) is 15.1. The molecule has 1 spiro atoms. The van der Waals surface area contributed by atoms with Crippen molar-refractivity contribution in [1.29, 1.82) is 0 Å². The Bertz CT molecular complexity index is 974. The monoisotopic (exact) mass is 356 g/mol. The van der Waals surface area contributed by atoms with E-state index >= 15 is 4.39 Å². The molecule has 1 saturated heterocycles. The molecule has 2 saturated carbocycles. The Morgan fingerprint density at radius 1 is 1.31 bits per heavy atom. The number of aromatic nitrogens is 1. The van der Waals surface area contributed by atoms with E-state index < -0.39 is 0 Å². The highest BCUT2D eigenvalue weighted by Gasteiger charge is 2.54. The molecule has 2 heterocycles. The van der Waals surface area contributed by atoms with Crippen molar-refractivity contribution in [2.24, 2.45) is 16.9 Å². The molecule has 2 aromatic rings. The van der Waals surface area contributed by atoms with E-state index in [4.69, 9.17) is 11.5 Å². The maximum absolute atomic E-state index is 15.2. The molecule has 1 aromatic carbocycles. The van der Waals surface area contributed by atoms with E-state index in [1.54, 1.807) is 12.1 Å². The number of fused-ring (bicyclic) bond motifs is 1. The number of pyridine rings is 1. The van der Waals surface area contributed by atoms with Crippen LogP contribution in [0.1, 0.15) is 42.9 Å². The van der Waals surface area contributed by atoms with Gasteiger partial charge >= 0.3 is 0 Å². The summed E-state index contributed by atoms with van der Waals surface area (Å²) in [5, 5.41) is 0.766. The maximum Gasteiger partial charge on any atom is 0.251 e. The lowest BCUT2D eigenvalue weighted by molar-refractivity contribution is 0.499. The fourth-order valence-electron chi connectivity index (χ4n) is 4.82. The molecule has 5 nitrogen and oxygen atoms in total. The minimum absolute atomic E-state index is 0.0297. The molecule has 5 rings (SSSR count). The topological polar surface area (TPSA) is 77.3 Å². The van der Waals surface area contributed by atoms with Crippen molar-refractivity contribution in [2.45, 2.75) is 51.2 Å². The lowest BCUT2D eigenvalue weighted by Crippen LogP contribution is -2.30. The molecule has 2 aliphatic carbocycles. The molecule has 1 aliphatic heterocycles. The van der Waals surface area contributed by atoms with E-state index in [1.807, 2.05) is 11.5 Å². The number of nitrogens with two attached hydrogens (primary N) is 2. The minimum Gasteiger partial charge on any atom is -0.367 e. The third kappa shape index (κ3) is 2.18. The summed E-state index contributed by atoms with van der Waals surface area (Å²) in [5.41, 5.74) is 15.3. The molecule has 138 valence electrons. The summed E-state index contributed by atoms with van der Waals surface area (Å²) in [6, 6.07) is 3.47. The Morgan fingerprint density at radius 2 is 2.04 bits per heavy atom. The fourth-order valence-corrected chi connectivity index (χ4v) is 4.82. The second-order valence-corrected chi connectivity index (χ2v) is 8.39. The zero-order chi connectivity index (χ0) is 18.2. The van der Waals surface area contributed by atoms with Gasteiger partial charge < -0.3 is 20.9 Å². The molecule has 1 aromatic heterocycles. The standard InChI is InChI=1S/C20H25FN4O/c1-11-18-14(12(8-22)6-17(26)25(18)13-2-3-13)7-15(21)19(11)24-9-16(23)20(10-24)4-5-20/h6-7,13,16H,2-5,8-10,22-23H2,1H3. The van der Waals surface area contributed by atoms with Crippen LogP contribution in [-0.4, -0.2) is 23.7 Å². The number of aryl methyl sites for hydroxylation is 1. The first-order valence-electron chi connectivity index (χ1n) is 9.53. The Morgan fingerprint density at radius 3 is 2.62 bits per heavy atom. The Kier molecular flexibility index (Phi) is 3.32. The summed E-state index contributed by atoms with van der Waals surface area (Å²) in [7, 11) is 0. The van der Waals surface area contributed by atoms with Gasteiger partial charge in [0.15, 0.2) is 0 Å². The predicted molar refractivity (Wildman–Crippen MR) is 101 cm³/mol. The van der Waals surface area contributed by atoms with E-state index in [1.165, 1.54) is 0 Å². The summed E-state index contributed by atoms with van der Waals surface area (Å²) < 4.78 is 17.0. The number of rotatable bonds is 3. The molecule has 1 atom stereocenters. The van der Waals surface area contributed by atoms with Crippen LogP contribution >= 0.6 is 0 Å². The predicted octanol–water partition coefficient (Wildman–Crippen LogP) is 2.17. The molecule has 0 radical (unpaired) electrons. The van der Waals surface area contributed by atoms with Gasteiger partial charge in [-0.15, -0.1) is 0 Å². The molecule has 0 amide bonds. The van der Waals surface area contributed by atoms with Crippen molar-refractivity contribution < 1.29 is 4.39 Å². The summed E-state index contributed by atoms with van der Waals surface area (Å²) in [4.78, 5) is 14.8. The molecular weight excluding hydrogens is 331 g/mol. The molecular formula is C20H25FN4O.